The quantitative estimate of drug-likeness (QED) is 0.759. The molecule has 118 valence electrons. The molecule has 0 radical (unpaired) electrons. The van der Waals surface area contributed by atoms with Crippen LogP contribution in [0.15, 0.2) is 54.6 Å². The molecule has 0 heterocycles. The summed E-state index contributed by atoms with van der Waals surface area (Å²) < 4.78 is 44.2. The third kappa shape index (κ3) is 5.83. The minimum absolute atomic E-state index is 0.0353. The van der Waals surface area contributed by atoms with E-state index in [0.717, 1.165) is 5.56 Å². The molecular formula is C16H18FNO3S. The van der Waals surface area contributed by atoms with Crippen molar-refractivity contribution >= 4 is 10.0 Å². The van der Waals surface area contributed by atoms with Crippen molar-refractivity contribution in [2.45, 2.75) is 6.42 Å². The number of aryl methyl sites for hydroxylation is 1. The van der Waals surface area contributed by atoms with E-state index < -0.39 is 10.0 Å². The van der Waals surface area contributed by atoms with Gasteiger partial charge in [0.15, 0.2) is 0 Å². The molecule has 0 fully saturated rings. The van der Waals surface area contributed by atoms with E-state index in [2.05, 4.69) is 4.72 Å². The molecule has 2 aromatic rings. The van der Waals surface area contributed by atoms with E-state index in [1.165, 1.54) is 24.3 Å². The van der Waals surface area contributed by atoms with Crippen molar-refractivity contribution in [2.24, 2.45) is 0 Å². The number of ether oxygens (including phenoxy) is 1. The summed E-state index contributed by atoms with van der Waals surface area (Å²) in [4.78, 5) is 0. The van der Waals surface area contributed by atoms with Gasteiger partial charge in [0, 0.05) is 6.54 Å². The van der Waals surface area contributed by atoms with Crippen LogP contribution in [0.5, 0.6) is 5.75 Å². The predicted octanol–water partition coefficient (Wildman–Crippen LogP) is 2.37. The second-order valence-corrected chi connectivity index (χ2v) is 6.68. The van der Waals surface area contributed by atoms with Crippen molar-refractivity contribution in [1.29, 1.82) is 0 Å². The van der Waals surface area contributed by atoms with Crippen LogP contribution in [0.1, 0.15) is 5.56 Å². The highest BCUT2D eigenvalue weighted by Crippen LogP contribution is 2.10. The number of nitrogens with one attached hydrogen (secondary N) is 1. The maximum atomic E-state index is 12.7. The summed E-state index contributed by atoms with van der Waals surface area (Å²) in [5.74, 6) is 0.201. The van der Waals surface area contributed by atoms with Crippen molar-refractivity contribution in [3.63, 3.8) is 0 Å². The van der Waals surface area contributed by atoms with E-state index in [1.807, 2.05) is 30.3 Å². The molecule has 6 heteroatoms. The van der Waals surface area contributed by atoms with Crippen LogP contribution in [0.3, 0.4) is 0 Å². The lowest BCUT2D eigenvalue weighted by Gasteiger charge is -2.08. The second kappa shape index (κ2) is 7.91. The number of halogens is 1. The van der Waals surface area contributed by atoms with Crippen LogP contribution in [0, 0.1) is 5.82 Å². The highest BCUT2D eigenvalue weighted by Gasteiger charge is 2.09. The Morgan fingerprint density at radius 1 is 1.00 bits per heavy atom. The number of benzene rings is 2. The molecule has 4 nitrogen and oxygen atoms in total. The maximum Gasteiger partial charge on any atom is 0.212 e. The smallest absolute Gasteiger partial charge is 0.212 e. The van der Waals surface area contributed by atoms with Crippen LogP contribution in [0.4, 0.5) is 4.39 Å². The van der Waals surface area contributed by atoms with Gasteiger partial charge in [0.1, 0.15) is 18.2 Å². The zero-order chi connectivity index (χ0) is 15.8. The maximum absolute atomic E-state index is 12.7. The summed E-state index contributed by atoms with van der Waals surface area (Å²) in [6, 6.07) is 15.0. The molecule has 2 aromatic carbocycles. The third-order valence-electron chi connectivity index (χ3n) is 3.01. The summed E-state index contributed by atoms with van der Waals surface area (Å²) in [5, 5.41) is 0. The van der Waals surface area contributed by atoms with E-state index in [4.69, 9.17) is 4.74 Å². The van der Waals surface area contributed by atoms with E-state index in [9.17, 15) is 12.8 Å². The first kappa shape index (κ1) is 16.5. The van der Waals surface area contributed by atoms with Gasteiger partial charge in [0.05, 0.1) is 5.75 Å². The molecule has 0 saturated heterocycles. The van der Waals surface area contributed by atoms with Gasteiger partial charge in [-0.15, -0.1) is 0 Å². The van der Waals surface area contributed by atoms with Gasteiger partial charge in [-0.1, -0.05) is 30.3 Å². The summed E-state index contributed by atoms with van der Waals surface area (Å²) in [6.45, 7) is 0.366. The molecule has 0 spiro atoms. The molecule has 0 aromatic heterocycles. The zero-order valence-electron chi connectivity index (χ0n) is 12.0. The Balaban J connectivity index is 1.70. The number of sulfonamides is 1. The van der Waals surface area contributed by atoms with Crippen LogP contribution in [-0.2, 0) is 16.4 Å². The molecule has 0 saturated carbocycles. The van der Waals surface area contributed by atoms with Crippen LogP contribution in [0.25, 0.3) is 0 Å². The van der Waals surface area contributed by atoms with Crippen molar-refractivity contribution in [3.05, 3.63) is 66.0 Å². The van der Waals surface area contributed by atoms with Crippen LogP contribution in [-0.4, -0.2) is 27.3 Å². The van der Waals surface area contributed by atoms with Gasteiger partial charge in [0.2, 0.25) is 10.0 Å². The molecule has 0 aliphatic rings. The molecule has 0 bridgehead atoms. The first-order valence-electron chi connectivity index (χ1n) is 6.95. The van der Waals surface area contributed by atoms with Gasteiger partial charge >= 0.3 is 0 Å². The average molecular weight is 323 g/mol. The fourth-order valence-electron chi connectivity index (χ4n) is 1.87. The lowest BCUT2D eigenvalue weighted by Crippen LogP contribution is -2.31. The minimum atomic E-state index is -3.33. The van der Waals surface area contributed by atoms with Crippen LogP contribution in [0.2, 0.25) is 0 Å². The summed E-state index contributed by atoms with van der Waals surface area (Å²) in [6.07, 6.45) is 0.467. The molecule has 0 amide bonds. The van der Waals surface area contributed by atoms with Crippen molar-refractivity contribution in [2.75, 3.05) is 18.9 Å². The first-order chi connectivity index (χ1) is 10.6. The fraction of sp³-hybridized carbons (Fsp3) is 0.250. The molecule has 1 N–H and O–H groups in total. The summed E-state index contributed by atoms with van der Waals surface area (Å²) in [5.41, 5.74) is 0.982. The van der Waals surface area contributed by atoms with E-state index in [-0.39, 0.29) is 24.7 Å². The molecule has 0 unspecified atom stereocenters. The van der Waals surface area contributed by atoms with Gasteiger partial charge < -0.3 is 4.74 Å². The Labute approximate surface area is 130 Å². The Morgan fingerprint density at radius 2 is 1.68 bits per heavy atom. The van der Waals surface area contributed by atoms with Gasteiger partial charge in [-0.05, 0) is 36.2 Å². The van der Waals surface area contributed by atoms with Gasteiger partial charge in [-0.25, -0.2) is 17.5 Å². The standard InChI is InChI=1S/C16H18FNO3S/c17-15-6-8-16(9-7-15)21-12-11-18-22(19,20)13-10-14-4-2-1-3-5-14/h1-9,18H,10-13H2. The lowest BCUT2D eigenvalue weighted by molar-refractivity contribution is 0.322. The van der Waals surface area contributed by atoms with Gasteiger partial charge in [-0.2, -0.15) is 0 Å². The first-order valence-corrected chi connectivity index (χ1v) is 8.60. The second-order valence-electron chi connectivity index (χ2n) is 4.75. The van der Waals surface area contributed by atoms with E-state index in [1.54, 1.807) is 0 Å². The van der Waals surface area contributed by atoms with Gasteiger partial charge in [-0.3, -0.25) is 0 Å². The minimum Gasteiger partial charge on any atom is -0.492 e. The van der Waals surface area contributed by atoms with Crippen molar-refractivity contribution in [1.82, 2.24) is 4.72 Å². The lowest BCUT2D eigenvalue weighted by atomic mass is 10.2. The Hall–Kier alpha value is -1.92. The van der Waals surface area contributed by atoms with E-state index >= 15 is 0 Å². The Kier molecular flexibility index (Phi) is 5.91. The van der Waals surface area contributed by atoms with Crippen LogP contribution < -0.4 is 9.46 Å². The average Bonchev–Trinajstić information content (AvgIpc) is 2.52. The predicted molar refractivity (Wildman–Crippen MR) is 83.8 cm³/mol. The highest BCUT2D eigenvalue weighted by atomic mass is 32.2. The molecule has 22 heavy (non-hydrogen) atoms. The fourth-order valence-corrected chi connectivity index (χ4v) is 2.91. The number of hydrogen-bond donors (Lipinski definition) is 1. The molecular weight excluding hydrogens is 305 g/mol. The molecule has 0 aliphatic heterocycles. The summed E-state index contributed by atoms with van der Waals surface area (Å²) >= 11 is 0. The molecule has 0 aliphatic carbocycles. The van der Waals surface area contributed by atoms with Crippen molar-refractivity contribution in [3.8, 4) is 5.75 Å². The monoisotopic (exact) mass is 323 g/mol. The third-order valence-corrected chi connectivity index (χ3v) is 4.39. The number of rotatable bonds is 8. The van der Waals surface area contributed by atoms with Crippen molar-refractivity contribution < 1.29 is 17.5 Å². The van der Waals surface area contributed by atoms with E-state index in [0.29, 0.717) is 12.2 Å². The SMILES string of the molecule is O=S(=O)(CCc1ccccc1)NCCOc1ccc(F)cc1. The Bertz CT molecular complexity index is 672. The molecule has 0 atom stereocenters. The Morgan fingerprint density at radius 3 is 2.36 bits per heavy atom. The largest absolute Gasteiger partial charge is 0.492 e. The zero-order valence-corrected chi connectivity index (χ0v) is 12.9. The number of hydrogen-bond acceptors (Lipinski definition) is 3. The molecule has 2 rings (SSSR count). The van der Waals surface area contributed by atoms with Crippen LogP contribution >= 0.6 is 0 Å². The normalized spacial score (nSPS) is 11.3. The van der Waals surface area contributed by atoms with Gasteiger partial charge in [0.25, 0.3) is 0 Å². The highest BCUT2D eigenvalue weighted by molar-refractivity contribution is 7.89. The summed E-state index contributed by atoms with van der Waals surface area (Å²) in [7, 11) is -3.33. The topological polar surface area (TPSA) is 55.4 Å².